The second kappa shape index (κ2) is 8.54. The zero-order valence-electron chi connectivity index (χ0n) is 16.9. The van der Waals surface area contributed by atoms with Crippen LogP contribution < -0.4 is 9.46 Å². The maximum Gasteiger partial charge on any atom is 0.208 e. The minimum Gasteiger partial charge on any atom is -0.493 e. The molecule has 0 bridgehead atoms. The molecule has 0 radical (unpaired) electrons. The summed E-state index contributed by atoms with van der Waals surface area (Å²) < 4.78 is 30.7. The largest absolute Gasteiger partial charge is 0.493 e. The van der Waals surface area contributed by atoms with E-state index in [9.17, 15) is 8.42 Å². The summed E-state index contributed by atoms with van der Waals surface area (Å²) in [5.41, 5.74) is 2.72. The Hall–Kier alpha value is -1.07. The third-order valence-corrected chi connectivity index (χ3v) is 5.93. The lowest BCUT2D eigenvalue weighted by Crippen LogP contribution is -2.24. The highest BCUT2D eigenvalue weighted by molar-refractivity contribution is 7.88. The van der Waals surface area contributed by atoms with Gasteiger partial charge in [0.1, 0.15) is 5.75 Å². The highest BCUT2D eigenvalue weighted by Gasteiger charge is 2.26. The third kappa shape index (κ3) is 6.63. The number of hydrogen-bond acceptors (Lipinski definition) is 3. The Morgan fingerprint density at radius 3 is 2.16 bits per heavy atom. The van der Waals surface area contributed by atoms with Crippen molar-refractivity contribution in [3.63, 3.8) is 0 Å². The molecule has 0 spiro atoms. The molecule has 0 aliphatic rings. The van der Waals surface area contributed by atoms with Gasteiger partial charge in [-0.15, -0.1) is 0 Å². The van der Waals surface area contributed by atoms with Crippen LogP contribution in [-0.4, -0.2) is 27.8 Å². The van der Waals surface area contributed by atoms with Gasteiger partial charge in [-0.3, -0.25) is 0 Å². The predicted molar refractivity (Wildman–Crippen MR) is 106 cm³/mol. The number of sulfonamides is 1. The van der Waals surface area contributed by atoms with Crippen molar-refractivity contribution in [1.29, 1.82) is 0 Å². The van der Waals surface area contributed by atoms with E-state index in [1.165, 1.54) is 17.4 Å². The summed E-state index contributed by atoms with van der Waals surface area (Å²) in [6.45, 7) is 14.3. The summed E-state index contributed by atoms with van der Waals surface area (Å²) >= 11 is 0. The second-order valence-electron chi connectivity index (χ2n) is 8.05. The van der Waals surface area contributed by atoms with Gasteiger partial charge < -0.3 is 4.74 Å². The van der Waals surface area contributed by atoms with Crippen LogP contribution >= 0.6 is 0 Å². The monoisotopic (exact) mass is 369 g/mol. The van der Waals surface area contributed by atoms with E-state index in [2.05, 4.69) is 64.5 Å². The van der Waals surface area contributed by atoms with Gasteiger partial charge in [0.15, 0.2) is 0 Å². The van der Waals surface area contributed by atoms with Gasteiger partial charge in [0, 0.05) is 12.1 Å². The Bertz CT molecular complexity index is 664. The Morgan fingerprint density at radius 1 is 1.04 bits per heavy atom. The fraction of sp³-hybridized carbons (Fsp3) is 0.700. The van der Waals surface area contributed by atoms with Crippen molar-refractivity contribution in [2.75, 3.05) is 19.4 Å². The first-order valence-corrected chi connectivity index (χ1v) is 11.0. The van der Waals surface area contributed by atoms with Crippen LogP contribution in [0.3, 0.4) is 0 Å². The number of hydrogen-bond donors (Lipinski definition) is 1. The van der Waals surface area contributed by atoms with Gasteiger partial charge in [-0.05, 0) is 41.7 Å². The van der Waals surface area contributed by atoms with Crippen LogP contribution in [0, 0.1) is 0 Å². The number of benzene rings is 1. The first-order chi connectivity index (χ1) is 11.4. The van der Waals surface area contributed by atoms with Gasteiger partial charge in [-0.25, -0.2) is 13.1 Å². The fourth-order valence-electron chi connectivity index (χ4n) is 2.51. The first-order valence-electron chi connectivity index (χ1n) is 9.15. The number of nitrogens with one attached hydrogen (secondary N) is 1. The molecule has 25 heavy (non-hydrogen) atoms. The van der Waals surface area contributed by atoms with Crippen LogP contribution in [0.25, 0.3) is 0 Å². The summed E-state index contributed by atoms with van der Waals surface area (Å²) in [4.78, 5) is 0. The molecule has 0 amide bonds. The topological polar surface area (TPSA) is 55.4 Å². The predicted octanol–water partition coefficient (Wildman–Crippen LogP) is 4.38. The van der Waals surface area contributed by atoms with Gasteiger partial charge in [0.25, 0.3) is 0 Å². The lowest BCUT2D eigenvalue weighted by molar-refractivity contribution is 0.300. The Balaban J connectivity index is 2.95. The van der Waals surface area contributed by atoms with Crippen molar-refractivity contribution in [3.8, 4) is 5.75 Å². The molecule has 1 aromatic rings. The van der Waals surface area contributed by atoms with Crippen molar-refractivity contribution in [1.82, 2.24) is 4.72 Å². The zero-order chi connectivity index (χ0) is 19.3. The van der Waals surface area contributed by atoms with E-state index < -0.39 is 10.0 Å². The lowest BCUT2D eigenvalue weighted by atomic mass is 9.76. The molecule has 0 fully saturated rings. The Morgan fingerprint density at radius 2 is 1.64 bits per heavy atom. The van der Waals surface area contributed by atoms with E-state index in [0.29, 0.717) is 19.6 Å². The highest BCUT2D eigenvalue weighted by atomic mass is 32.2. The molecular formula is C20H35NO3S. The highest BCUT2D eigenvalue weighted by Crippen LogP contribution is 2.38. The number of ether oxygens (including phenoxy) is 1. The minimum absolute atomic E-state index is 0.0279. The molecule has 0 heterocycles. The van der Waals surface area contributed by atoms with Crippen LogP contribution in [0.4, 0.5) is 0 Å². The van der Waals surface area contributed by atoms with Crippen LogP contribution in [0.1, 0.15) is 71.9 Å². The molecule has 0 aliphatic heterocycles. The molecule has 144 valence electrons. The number of rotatable bonds is 10. The van der Waals surface area contributed by atoms with E-state index in [1.54, 1.807) is 0 Å². The molecule has 1 rings (SSSR count). The van der Waals surface area contributed by atoms with Crippen LogP contribution in [-0.2, 0) is 20.9 Å². The summed E-state index contributed by atoms with van der Waals surface area (Å²) in [7, 11) is -3.14. The van der Waals surface area contributed by atoms with Gasteiger partial charge in [0.05, 0.1) is 12.9 Å². The van der Waals surface area contributed by atoms with E-state index in [4.69, 9.17) is 4.74 Å². The SMILES string of the molecule is CCC(C)(C)c1ccc(OCCCNS(C)(=O)=O)c(C(C)(C)CC)c1. The molecule has 0 atom stereocenters. The van der Waals surface area contributed by atoms with Gasteiger partial charge in [-0.2, -0.15) is 0 Å². The summed E-state index contributed by atoms with van der Waals surface area (Å²) in [6.07, 6.45) is 3.91. The molecule has 1 aromatic carbocycles. The molecule has 4 nitrogen and oxygen atoms in total. The van der Waals surface area contributed by atoms with Crippen LogP contribution in [0.15, 0.2) is 18.2 Å². The van der Waals surface area contributed by atoms with E-state index in [0.717, 1.165) is 18.6 Å². The molecule has 0 saturated heterocycles. The standard InChI is InChI=1S/C20H35NO3S/c1-8-19(3,4)16-11-12-18(17(15-16)20(5,6)9-2)24-14-10-13-21-25(7,22)23/h11-12,15,21H,8-10,13-14H2,1-7H3. The van der Waals surface area contributed by atoms with Gasteiger partial charge in [0.2, 0.25) is 10.0 Å². The van der Waals surface area contributed by atoms with Crippen molar-refractivity contribution in [2.24, 2.45) is 0 Å². The Kier molecular flexibility index (Phi) is 7.51. The average Bonchev–Trinajstić information content (AvgIpc) is 2.53. The van der Waals surface area contributed by atoms with Crippen LogP contribution in [0.5, 0.6) is 5.75 Å². The van der Waals surface area contributed by atoms with Crippen LogP contribution in [0.2, 0.25) is 0 Å². The van der Waals surface area contributed by atoms with E-state index >= 15 is 0 Å². The molecule has 1 N–H and O–H groups in total. The van der Waals surface area contributed by atoms with Gasteiger partial charge >= 0.3 is 0 Å². The molecular weight excluding hydrogens is 334 g/mol. The third-order valence-electron chi connectivity index (χ3n) is 5.20. The summed E-state index contributed by atoms with van der Waals surface area (Å²) in [6, 6.07) is 6.52. The van der Waals surface area contributed by atoms with Crippen molar-refractivity contribution < 1.29 is 13.2 Å². The molecule has 0 aromatic heterocycles. The molecule has 0 aliphatic carbocycles. The quantitative estimate of drug-likeness (QED) is 0.623. The second-order valence-corrected chi connectivity index (χ2v) is 9.89. The smallest absolute Gasteiger partial charge is 0.208 e. The molecule has 0 saturated carbocycles. The molecule has 5 heteroatoms. The maximum atomic E-state index is 11.1. The van der Waals surface area contributed by atoms with Crippen molar-refractivity contribution in [3.05, 3.63) is 29.3 Å². The van der Waals surface area contributed by atoms with Gasteiger partial charge in [-0.1, -0.05) is 53.7 Å². The normalized spacial score (nSPS) is 13.1. The van der Waals surface area contributed by atoms with E-state index in [1.807, 2.05) is 0 Å². The fourth-order valence-corrected chi connectivity index (χ4v) is 3.03. The molecule has 0 unspecified atom stereocenters. The zero-order valence-corrected chi connectivity index (χ0v) is 17.7. The van der Waals surface area contributed by atoms with E-state index in [-0.39, 0.29) is 10.8 Å². The minimum atomic E-state index is -3.14. The summed E-state index contributed by atoms with van der Waals surface area (Å²) in [5, 5.41) is 0. The van der Waals surface area contributed by atoms with Crippen molar-refractivity contribution in [2.45, 2.75) is 71.6 Å². The maximum absolute atomic E-state index is 11.1. The van der Waals surface area contributed by atoms with Crippen molar-refractivity contribution >= 4 is 10.0 Å². The first kappa shape index (κ1) is 22.0. The average molecular weight is 370 g/mol. The lowest BCUT2D eigenvalue weighted by Gasteiger charge is -2.30. The Labute approximate surface area is 154 Å². The summed E-state index contributed by atoms with van der Waals surface area (Å²) in [5.74, 6) is 0.904.